The molecule has 1 N–H and O–H groups in total. The molecule has 0 aliphatic rings. The van der Waals surface area contributed by atoms with Crippen LogP contribution < -0.4 is 5.32 Å². The van der Waals surface area contributed by atoms with Crippen LogP contribution in [0.2, 0.25) is 10.0 Å². The molecule has 1 aromatic carbocycles. The van der Waals surface area contributed by atoms with Gasteiger partial charge < -0.3 is 10.2 Å². The Morgan fingerprint density at radius 2 is 1.83 bits per heavy atom. The summed E-state index contributed by atoms with van der Waals surface area (Å²) in [5, 5.41) is 3.22. The van der Waals surface area contributed by atoms with Crippen LogP contribution in [0.1, 0.15) is 13.8 Å². The van der Waals surface area contributed by atoms with Crippen molar-refractivity contribution in [3.8, 4) is 0 Å². The van der Waals surface area contributed by atoms with Gasteiger partial charge in [-0.25, -0.2) is 0 Å². The SMILES string of the molecule is CCN(CC)C(=O)C(=O)Nc1cc(Cl)ccc1Cl. The Morgan fingerprint density at radius 3 is 2.39 bits per heavy atom. The fourth-order valence-electron chi connectivity index (χ4n) is 1.42. The lowest BCUT2D eigenvalue weighted by molar-refractivity contribution is -0.142. The van der Waals surface area contributed by atoms with Gasteiger partial charge in [-0.05, 0) is 32.0 Å². The number of hydrogen-bond donors (Lipinski definition) is 1. The minimum Gasteiger partial charge on any atom is -0.335 e. The minimum atomic E-state index is -0.720. The van der Waals surface area contributed by atoms with Crippen LogP contribution in [-0.4, -0.2) is 29.8 Å². The van der Waals surface area contributed by atoms with Gasteiger partial charge in [-0.15, -0.1) is 0 Å². The maximum Gasteiger partial charge on any atom is 0.313 e. The van der Waals surface area contributed by atoms with E-state index in [1.54, 1.807) is 26.0 Å². The van der Waals surface area contributed by atoms with E-state index in [1.807, 2.05) is 0 Å². The molecule has 1 rings (SSSR count). The van der Waals surface area contributed by atoms with E-state index in [1.165, 1.54) is 11.0 Å². The van der Waals surface area contributed by atoms with E-state index in [0.717, 1.165) is 0 Å². The zero-order valence-electron chi connectivity index (χ0n) is 10.2. The highest BCUT2D eigenvalue weighted by atomic mass is 35.5. The molecule has 2 amide bonds. The maximum absolute atomic E-state index is 11.7. The molecule has 0 aliphatic heterocycles. The van der Waals surface area contributed by atoms with Crippen molar-refractivity contribution in [1.29, 1.82) is 0 Å². The molecule has 98 valence electrons. The molecule has 0 spiro atoms. The number of hydrogen-bond acceptors (Lipinski definition) is 2. The molecule has 0 bridgehead atoms. The lowest BCUT2D eigenvalue weighted by Gasteiger charge is -2.18. The summed E-state index contributed by atoms with van der Waals surface area (Å²) in [7, 11) is 0. The third-order valence-corrected chi connectivity index (χ3v) is 2.99. The summed E-state index contributed by atoms with van der Waals surface area (Å²) in [6.45, 7) is 4.57. The summed E-state index contributed by atoms with van der Waals surface area (Å²) >= 11 is 11.7. The lowest BCUT2D eigenvalue weighted by atomic mass is 10.3. The van der Waals surface area contributed by atoms with Gasteiger partial charge in [-0.3, -0.25) is 9.59 Å². The Kier molecular flexibility index (Phi) is 5.44. The zero-order valence-corrected chi connectivity index (χ0v) is 11.7. The van der Waals surface area contributed by atoms with Crippen molar-refractivity contribution in [2.24, 2.45) is 0 Å². The van der Waals surface area contributed by atoms with Crippen molar-refractivity contribution in [3.63, 3.8) is 0 Å². The molecule has 0 aliphatic carbocycles. The molecule has 0 fully saturated rings. The van der Waals surface area contributed by atoms with E-state index in [9.17, 15) is 9.59 Å². The highest BCUT2D eigenvalue weighted by molar-refractivity contribution is 6.42. The van der Waals surface area contributed by atoms with Crippen molar-refractivity contribution in [1.82, 2.24) is 4.90 Å². The molecule has 0 heterocycles. The second kappa shape index (κ2) is 6.61. The molecule has 0 saturated heterocycles. The quantitative estimate of drug-likeness (QED) is 0.870. The molecule has 1 aromatic rings. The van der Waals surface area contributed by atoms with E-state index in [0.29, 0.717) is 28.8 Å². The smallest absolute Gasteiger partial charge is 0.313 e. The van der Waals surface area contributed by atoms with Gasteiger partial charge in [0, 0.05) is 18.1 Å². The minimum absolute atomic E-state index is 0.328. The number of halogens is 2. The molecule has 0 unspecified atom stereocenters. The van der Waals surface area contributed by atoms with E-state index in [2.05, 4.69) is 5.32 Å². The third-order valence-electron chi connectivity index (χ3n) is 2.42. The molecule has 0 atom stereocenters. The third kappa shape index (κ3) is 3.62. The largest absolute Gasteiger partial charge is 0.335 e. The van der Waals surface area contributed by atoms with Gasteiger partial charge in [-0.2, -0.15) is 0 Å². The van der Waals surface area contributed by atoms with Crippen LogP contribution >= 0.6 is 23.2 Å². The number of nitrogens with zero attached hydrogens (tertiary/aromatic N) is 1. The Labute approximate surface area is 116 Å². The van der Waals surface area contributed by atoms with Gasteiger partial charge in [0.05, 0.1) is 10.7 Å². The van der Waals surface area contributed by atoms with Crippen molar-refractivity contribution in [2.75, 3.05) is 18.4 Å². The van der Waals surface area contributed by atoms with Crippen LogP contribution in [0.5, 0.6) is 0 Å². The van der Waals surface area contributed by atoms with Gasteiger partial charge in [0.1, 0.15) is 0 Å². The molecule has 0 radical (unpaired) electrons. The number of nitrogens with one attached hydrogen (secondary N) is 1. The maximum atomic E-state index is 11.7. The van der Waals surface area contributed by atoms with Gasteiger partial charge in [0.15, 0.2) is 0 Å². The highest BCUT2D eigenvalue weighted by Crippen LogP contribution is 2.25. The predicted octanol–water partition coefficient (Wildman–Crippen LogP) is 2.80. The first-order valence-electron chi connectivity index (χ1n) is 5.54. The molecule has 6 heteroatoms. The van der Waals surface area contributed by atoms with Gasteiger partial charge >= 0.3 is 11.8 Å². The number of anilines is 1. The van der Waals surface area contributed by atoms with E-state index >= 15 is 0 Å². The normalized spacial score (nSPS) is 10.0. The van der Waals surface area contributed by atoms with Gasteiger partial charge in [-0.1, -0.05) is 23.2 Å². The van der Waals surface area contributed by atoms with Crippen molar-refractivity contribution in [2.45, 2.75) is 13.8 Å². The van der Waals surface area contributed by atoms with E-state index in [4.69, 9.17) is 23.2 Å². The standard InChI is InChI=1S/C12H14Cl2N2O2/c1-3-16(4-2)12(18)11(17)15-10-7-8(13)5-6-9(10)14/h5-7H,3-4H2,1-2H3,(H,15,17). The van der Waals surface area contributed by atoms with Crippen LogP contribution in [0.15, 0.2) is 18.2 Å². The average Bonchev–Trinajstić information content (AvgIpc) is 2.35. The fraction of sp³-hybridized carbons (Fsp3) is 0.333. The number of carbonyl (C=O) groups is 2. The first-order valence-corrected chi connectivity index (χ1v) is 6.30. The molecular formula is C12H14Cl2N2O2. The van der Waals surface area contributed by atoms with Crippen LogP contribution in [0.3, 0.4) is 0 Å². The highest BCUT2D eigenvalue weighted by Gasteiger charge is 2.20. The Hall–Kier alpha value is -1.26. The monoisotopic (exact) mass is 288 g/mol. The number of rotatable bonds is 3. The lowest BCUT2D eigenvalue weighted by Crippen LogP contribution is -2.39. The summed E-state index contributed by atoms with van der Waals surface area (Å²) in [6, 6.07) is 4.66. The van der Waals surface area contributed by atoms with Crippen LogP contribution in [0.25, 0.3) is 0 Å². The number of likely N-dealkylation sites (N-methyl/N-ethyl adjacent to an activating group) is 1. The molecule has 0 saturated carbocycles. The Morgan fingerprint density at radius 1 is 1.22 bits per heavy atom. The Bertz CT molecular complexity index is 459. The molecular weight excluding hydrogens is 275 g/mol. The fourth-order valence-corrected chi connectivity index (χ4v) is 1.76. The average molecular weight is 289 g/mol. The molecule has 4 nitrogen and oxygen atoms in total. The Balaban J connectivity index is 2.81. The summed E-state index contributed by atoms with van der Waals surface area (Å²) in [5.41, 5.74) is 0.328. The van der Waals surface area contributed by atoms with Crippen LogP contribution in [-0.2, 0) is 9.59 Å². The summed E-state index contributed by atoms with van der Waals surface area (Å²) < 4.78 is 0. The van der Waals surface area contributed by atoms with Crippen LogP contribution in [0, 0.1) is 0 Å². The van der Waals surface area contributed by atoms with Gasteiger partial charge in [0.25, 0.3) is 0 Å². The summed E-state index contributed by atoms with van der Waals surface area (Å²) in [5.74, 6) is -1.31. The topological polar surface area (TPSA) is 49.4 Å². The zero-order chi connectivity index (χ0) is 13.7. The summed E-state index contributed by atoms with van der Waals surface area (Å²) in [4.78, 5) is 24.9. The molecule has 0 aromatic heterocycles. The van der Waals surface area contributed by atoms with Gasteiger partial charge in [0.2, 0.25) is 0 Å². The van der Waals surface area contributed by atoms with E-state index in [-0.39, 0.29) is 0 Å². The predicted molar refractivity (Wildman–Crippen MR) is 73.0 cm³/mol. The first-order chi connectivity index (χ1) is 8.49. The number of amides is 2. The van der Waals surface area contributed by atoms with Crippen molar-refractivity contribution < 1.29 is 9.59 Å². The second-order valence-corrected chi connectivity index (χ2v) is 4.40. The number of carbonyl (C=O) groups excluding carboxylic acids is 2. The van der Waals surface area contributed by atoms with Crippen molar-refractivity contribution in [3.05, 3.63) is 28.2 Å². The molecule has 18 heavy (non-hydrogen) atoms. The van der Waals surface area contributed by atoms with Crippen LogP contribution in [0.4, 0.5) is 5.69 Å². The van der Waals surface area contributed by atoms with Crippen molar-refractivity contribution >= 4 is 40.7 Å². The first kappa shape index (κ1) is 14.8. The van der Waals surface area contributed by atoms with E-state index < -0.39 is 11.8 Å². The number of benzene rings is 1. The summed E-state index contributed by atoms with van der Waals surface area (Å²) in [6.07, 6.45) is 0. The second-order valence-electron chi connectivity index (χ2n) is 3.56.